The van der Waals surface area contributed by atoms with Crippen molar-refractivity contribution < 1.29 is 9.47 Å². The maximum Gasteiger partial charge on any atom is 0.161 e. The molecule has 1 aromatic carbocycles. The number of nitrogens with one attached hydrogen (secondary N) is 1. The maximum atomic E-state index is 5.83. The molecule has 0 aliphatic carbocycles. The molecule has 0 radical (unpaired) electrons. The fourth-order valence-corrected chi connectivity index (χ4v) is 3.07. The molecule has 104 valence electrons. The van der Waals surface area contributed by atoms with Crippen LogP contribution in [0.25, 0.3) is 0 Å². The van der Waals surface area contributed by atoms with Crippen LogP contribution in [0.3, 0.4) is 0 Å². The third kappa shape index (κ3) is 2.71. The number of piperidine rings is 1. The van der Waals surface area contributed by atoms with Gasteiger partial charge in [0.2, 0.25) is 0 Å². The zero-order valence-corrected chi connectivity index (χ0v) is 11.7. The second-order valence-corrected chi connectivity index (χ2v) is 5.45. The average molecular weight is 261 g/mol. The summed E-state index contributed by atoms with van der Waals surface area (Å²) in [6.45, 7) is 6.00. The summed E-state index contributed by atoms with van der Waals surface area (Å²) in [5.41, 5.74) is 2.87. The van der Waals surface area contributed by atoms with E-state index in [1.165, 1.54) is 24.0 Å². The maximum absolute atomic E-state index is 5.83. The smallest absolute Gasteiger partial charge is 0.161 e. The Kier molecular flexibility index (Phi) is 3.92. The molecule has 0 bridgehead atoms. The van der Waals surface area contributed by atoms with Gasteiger partial charge in [0, 0.05) is 13.0 Å². The first-order chi connectivity index (χ1) is 9.38. The first-order valence-electron chi connectivity index (χ1n) is 7.51. The number of hydrogen-bond acceptors (Lipinski definition) is 3. The second kappa shape index (κ2) is 5.83. The molecule has 1 atom stereocenters. The van der Waals surface area contributed by atoms with Gasteiger partial charge in [-0.25, -0.2) is 0 Å². The fraction of sp³-hybridized carbons (Fsp3) is 0.625. The highest BCUT2D eigenvalue weighted by Gasteiger charge is 2.21. The lowest BCUT2D eigenvalue weighted by atomic mass is 9.87. The average Bonchev–Trinajstić information content (AvgIpc) is 2.71. The molecule has 2 aliphatic heterocycles. The third-order valence-electron chi connectivity index (χ3n) is 4.13. The Morgan fingerprint density at radius 1 is 1.16 bits per heavy atom. The van der Waals surface area contributed by atoms with Crippen molar-refractivity contribution in [2.24, 2.45) is 0 Å². The zero-order chi connectivity index (χ0) is 13.1. The van der Waals surface area contributed by atoms with Gasteiger partial charge >= 0.3 is 0 Å². The largest absolute Gasteiger partial charge is 0.490 e. The van der Waals surface area contributed by atoms with E-state index >= 15 is 0 Å². The van der Waals surface area contributed by atoms with Gasteiger partial charge in [0.15, 0.2) is 11.5 Å². The first-order valence-corrected chi connectivity index (χ1v) is 7.51. The highest BCUT2D eigenvalue weighted by atomic mass is 16.5. The highest BCUT2D eigenvalue weighted by Crippen LogP contribution is 2.37. The van der Waals surface area contributed by atoms with Crippen molar-refractivity contribution in [2.75, 3.05) is 26.3 Å². The number of fused-ring (bicyclic) bond motifs is 1. The van der Waals surface area contributed by atoms with Gasteiger partial charge in [-0.2, -0.15) is 0 Å². The van der Waals surface area contributed by atoms with E-state index in [-0.39, 0.29) is 0 Å². The van der Waals surface area contributed by atoms with Gasteiger partial charge in [-0.1, -0.05) is 6.92 Å². The monoisotopic (exact) mass is 261 g/mol. The van der Waals surface area contributed by atoms with Crippen molar-refractivity contribution in [3.63, 3.8) is 0 Å². The second-order valence-electron chi connectivity index (χ2n) is 5.45. The predicted octanol–water partition coefficient (Wildman–Crippen LogP) is 2.88. The van der Waals surface area contributed by atoms with Crippen molar-refractivity contribution in [3.8, 4) is 11.5 Å². The number of ether oxygens (including phenoxy) is 2. The number of benzene rings is 1. The molecule has 1 aromatic rings. The highest BCUT2D eigenvalue weighted by molar-refractivity contribution is 5.49. The lowest BCUT2D eigenvalue weighted by Crippen LogP contribution is -2.28. The van der Waals surface area contributed by atoms with Crippen molar-refractivity contribution in [3.05, 3.63) is 23.3 Å². The molecule has 1 fully saturated rings. The van der Waals surface area contributed by atoms with Crippen molar-refractivity contribution >= 4 is 0 Å². The van der Waals surface area contributed by atoms with Gasteiger partial charge in [0.25, 0.3) is 0 Å². The Labute approximate surface area is 115 Å². The molecular weight excluding hydrogens is 238 g/mol. The van der Waals surface area contributed by atoms with Crippen LogP contribution >= 0.6 is 0 Å². The molecule has 19 heavy (non-hydrogen) atoms. The SMILES string of the molecule is CCc1cc2c(cc1C1CCCNC1)OCCCO2. The summed E-state index contributed by atoms with van der Waals surface area (Å²) >= 11 is 0. The fourth-order valence-electron chi connectivity index (χ4n) is 3.07. The molecule has 3 rings (SSSR count). The Morgan fingerprint density at radius 2 is 1.95 bits per heavy atom. The van der Waals surface area contributed by atoms with Gasteiger partial charge in [-0.05, 0) is 55.0 Å². The lowest BCUT2D eigenvalue weighted by Gasteiger charge is -2.26. The third-order valence-corrected chi connectivity index (χ3v) is 4.13. The summed E-state index contributed by atoms with van der Waals surface area (Å²) in [6, 6.07) is 4.43. The molecule has 1 saturated heterocycles. The summed E-state index contributed by atoms with van der Waals surface area (Å²) < 4.78 is 11.6. The number of rotatable bonds is 2. The summed E-state index contributed by atoms with van der Waals surface area (Å²) in [5, 5.41) is 3.50. The first kappa shape index (κ1) is 12.8. The molecule has 0 amide bonds. The van der Waals surface area contributed by atoms with Gasteiger partial charge in [0.1, 0.15) is 0 Å². The van der Waals surface area contributed by atoms with E-state index in [1.807, 2.05) is 0 Å². The van der Waals surface area contributed by atoms with Crippen molar-refractivity contribution in [1.29, 1.82) is 0 Å². The minimum Gasteiger partial charge on any atom is -0.490 e. The van der Waals surface area contributed by atoms with Crippen LogP contribution in [-0.2, 0) is 6.42 Å². The van der Waals surface area contributed by atoms with Crippen LogP contribution in [0.4, 0.5) is 0 Å². The van der Waals surface area contributed by atoms with Crippen LogP contribution < -0.4 is 14.8 Å². The molecule has 0 spiro atoms. The van der Waals surface area contributed by atoms with E-state index in [9.17, 15) is 0 Å². The molecule has 1 N–H and O–H groups in total. The van der Waals surface area contributed by atoms with E-state index in [0.717, 1.165) is 50.6 Å². The van der Waals surface area contributed by atoms with Crippen LogP contribution in [-0.4, -0.2) is 26.3 Å². The van der Waals surface area contributed by atoms with Crippen molar-refractivity contribution in [2.45, 2.75) is 38.5 Å². The predicted molar refractivity (Wildman–Crippen MR) is 76.3 cm³/mol. The van der Waals surface area contributed by atoms with E-state index in [0.29, 0.717) is 5.92 Å². The normalized spacial score (nSPS) is 22.9. The Morgan fingerprint density at radius 3 is 2.63 bits per heavy atom. The summed E-state index contributed by atoms with van der Waals surface area (Å²) in [5.74, 6) is 2.50. The Hall–Kier alpha value is -1.22. The quantitative estimate of drug-likeness (QED) is 0.888. The summed E-state index contributed by atoms with van der Waals surface area (Å²) in [4.78, 5) is 0. The molecule has 2 heterocycles. The van der Waals surface area contributed by atoms with E-state index < -0.39 is 0 Å². The van der Waals surface area contributed by atoms with Crippen molar-refractivity contribution in [1.82, 2.24) is 5.32 Å². The number of hydrogen-bond donors (Lipinski definition) is 1. The Bertz CT molecular complexity index is 439. The topological polar surface area (TPSA) is 30.5 Å². The van der Waals surface area contributed by atoms with Gasteiger partial charge < -0.3 is 14.8 Å². The number of aryl methyl sites for hydroxylation is 1. The van der Waals surface area contributed by atoms with Crippen LogP contribution in [0.5, 0.6) is 11.5 Å². The van der Waals surface area contributed by atoms with Crippen LogP contribution in [0.15, 0.2) is 12.1 Å². The van der Waals surface area contributed by atoms with Crippen LogP contribution in [0.1, 0.15) is 43.2 Å². The zero-order valence-electron chi connectivity index (χ0n) is 11.7. The summed E-state index contributed by atoms with van der Waals surface area (Å²) in [6.07, 6.45) is 4.57. The molecule has 1 unspecified atom stereocenters. The van der Waals surface area contributed by atoms with E-state index in [4.69, 9.17) is 9.47 Å². The van der Waals surface area contributed by atoms with Gasteiger partial charge in [0.05, 0.1) is 13.2 Å². The lowest BCUT2D eigenvalue weighted by molar-refractivity contribution is 0.297. The molecular formula is C16H23NO2. The molecule has 2 aliphatic rings. The van der Waals surface area contributed by atoms with Gasteiger partial charge in [-0.15, -0.1) is 0 Å². The molecule has 0 aromatic heterocycles. The minimum atomic E-state index is 0.626. The minimum absolute atomic E-state index is 0.626. The standard InChI is InChI=1S/C16H23NO2/c1-2-12-9-15-16(19-8-4-7-18-15)10-14(12)13-5-3-6-17-11-13/h9-10,13,17H,2-8,11H2,1H3. The van der Waals surface area contributed by atoms with Crippen LogP contribution in [0, 0.1) is 0 Å². The molecule has 3 heteroatoms. The Balaban J connectivity index is 1.95. The van der Waals surface area contributed by atoms with E-state index in [2.05, 4.69) is 24.4 Å². The molecule has 3 nitrogen and oxygen atoms in total. The van der Waals surface area contributed by atoms with Gasteiger partial charge in [-0.3, -0.25) is 0 Å². The van der Waals surface area contributed by atoms with Crippen LogP contribution in [0.2, 0.25) is 0 Å². The van der Waals surface area contributed by atoms with E-state index in [1.54, 1.807) is 0 Å². The molecule has 0 saturated carbocycles. The summed E-state index contributed by atoms with van der Waals surface area (Å²) in [7, 11) is 0.